The second-order valence-corrected chi connectivity index (χ2v) is 5.43. The van der Waals surface area contributed by atoms with Crippen LogP contribution in [0.4, 0.5) is 0 Å². The van der Waals surface area contributed by atoms with Crippen molar-refractivity contribution in [2.45, 2.75) is 14.8 Å². The number of amidine groups is 1. The Morgan fingerprint density at radius 3 is 2.56 bits per heavy atom. The van der Waals surface area contributed by atoms with E-state index in [1.165, 1.54) is 11.8 Å². The van der Waals surface area contributed by atoms with Crippen molar-refractivity contribution in [3.63, 3.8) is 0 Å². The van der Waals surface area contributed by atoms with Crippen molar-refractivity contribution in [1.82, 2.24) is 4.98 Å². The van der Waals surface area contributed by atoms with E-state index >= 15 is 0 Å². The average Bonchev–Trinajstić information content (AvgIpc) is 2.39. The van der Waals surface area contributed by atoms with Crippen LogP contribution in [-0.4, -0.2) is 17.1 Å². The summed E-state index contributed by atoms with van der Waals surface area (Å²) in [6.45, 7) is 0. The fourth-order valence-corrected chi connectivity index (χ4v) is 3.21. The highest BCUT2D eigenvalue weighted by Gasteiger charge is 2.12. The molecule has 0 fully saturated rings. The van der Waals surface area contributed by atoms with E-state index in [1.807, 2.05) is 42.7 Å². The molecule has 0 radical (unpaired) electrons. The van der Waals surface area contributed by atoms with Gasteiger partial charge in [-0.3, -0.25) is 5.41 Å². The zero-order chi connectivity index (χ0) is 13.0. The van der Waals surface area contributed by atoms with E-state index in [9.17, 15) is 0 Å². The summed E-state index contributed by atoms with van der Waals surface area (Å²) in [5.74, 6) is 0.0957. The molecule has 0 saturated heterocycles. The lowest BCUT2D eigenvalue weighted by molar-refractivity contribution is 1.13. The van der Waals surface area contributed by atoms with Gasteiger partial charge in [0.15, 0.2) is 0 Å². The van der Waals surface area contributed by atoms with Crippen LogP contribution in [0.2, 0.25) is 0 Å². The zero-order valence-corrected chi connectivity index (χ0v) is 11.5. The molecule has 0 spiro atoms. The third kappa shape index (κ3) is 2.86. The van der Waals surface area contributed by atoms with Crippen molar-refractivity contribution in [2.24, 2.45) is 5.73 Å². The Morgan fingerprint density at radius 2 is 1.94 bits per heavy atom. The largest absolute Gasteiger partial charge is 0.384 e. The van der Waals surface area contributed by atoms with Crippen LogP contribution in [0.3, 0.4) is 0 Å². The Labute approximate surface area is 115 Å². The predicted molar refractivity (Wildman–Crippen MR) is 77.6 cm³/mol. The topological polar surface area (TPSA) is 62.8 Å². The smallest absolute Gasteiger partial charge is 0.125 e. The average molecular weight is 275 g/mol. The second kappa shape index (κ2) is 5.93. The van der Waals surface area contributed by atoms with Crippen molar-refractivity contribution < 1.29 is 0 Å². The van der Waals surface area contributed by atoms with Gasteiger partial charge in [-0.05, 0) is 30.5 Å². The van der Waals surface area contributed by atoms with Gasteiger partial charge < -0.3 is 5.73 Å². The highest BCUT2D eigenvalue weighted by molar-refractivity contribution is 8.00. The lowest BCUT2D eigenvalue weighted by Gasteiger charge is -2.11. The van der Waals surface area contributed by atoms with Gasteiger partial charge in [-0.2, -0.15) is 0 Å². The van der Waals surface area contributed by atoms with Crippen molar-refractivity contribution in [1.29, 1.82) is 5.41 Å². The van der Waals surface area contributed by atoms with Gasteiger partial charge in [-0.15, -0.1) is 11.8 Å². The van der Waals surface area contributed by atoms with Crippen molar-refractivity contribution in [3.05, 3.63) is 48.2 Å². The van der Waals surface area contributed by atoms with E-state index in [2.05, 4.69) is 4.98 Å². The highest BCUT2D eigenvalue weighted by Crippen LogP contribution is 2.33. The minimum absolute atomic E-state index is 0.0957. The molecule has 3 nitrogen and oxygen atoms in total. The van der Waals surface area contributed by atoms with E-state index in [0.29, 0.717) is 0 Å². The van der Waals surface area contributed by atoms with Gasteiger partial charge >= 0.3 is 0 Å². The summed E-state index contributed by atoms with van der Waals surface area (Å²) in [4.78, 5) is 6.26. The van der Waals surface area contributed by atoms with Gasteiger partial charge in [0.1, 0.15) is 10.9 Å². The molecule has 92 valence electrons. The number of nitrogen functional groups attached to an aromatic ring is 1. The van der Waals surface area contributed by atoms with E-state index in [4.69, 9.17) is 11.1 Å². The number of thioether (sulfide) groups is 1. The first-order valence-corrected chi connectivity index (χ1v) is 7.37. The maximum absolute atomic E-state index is 7.72. The van der Waals surface area contributed by atoms with Gasteiger partial charge in [0, 0.05) is 21.6 Å². The molecule has 0 atom stereocenters. The molecule has 1 heterocycles. The maximum atomic E-state index is 7.72. The summed E-state index contributed by atoms with van der Waals surface area (Å²) in [7, 11) is 0. The fourth-order valence-electron chi connectivity index (χ4n) is 1.55. The molecule has 0 unspecified atom stereocenters. The molecule has 5 heteroatoms. The Morgan fingerprint density at radius 1 is 1.17 bits per heavy atom. The number of rotatable bonds is 4. The summed E-state index contributed by atoms with van der Waals surface area (Å²) >= 11 is 3.12. The Hall–Kier alpha value is -1.46. The lowest BCUT2D eigenvalue weighted by Crippen LogP contribution is -2.13. The Balaban J connectivity index is 2.42. The molecule has 0 aliphatic rings. The van der Waals surface area contributed by atoms with Gasteiger partial charge in [-0.1, -0.05) is 23.9 Å². The van der Waals surface area contributed by atoms with Crippen molar-refractivity contribution in [2.75, 3.05) is 6.26 Å². The molecule has 0 bridgehead atoms. The Kier molecular flexibility index (Phi) is 4.28. The summed E-state index contributed by atoms with van der Waals surface area (Å²) in [6.07, 6.45) is 3.74. The van der Waals surface area contributed by atoms with Crippen LogP contribution >= 0.6 is 23.5 Å². The molecule has 0 aliphatic heterocycles. The van der Waals surface area contributed by atoms with E-state index < -0.39 is 0 Å². The Bertz CT molecular complexity index is 555. The summed E-state index contributed by atoms with van der Waals surface area (Å²) in [5.41, 5.74) is 6.47. The minimum atomic E-state index is 0.0957. The first-order valence-electron chi connectivity index (χ1n) is 5.32. The molecule has 0 saturated carbocycles. The maximum Gasteiger partial charge on any atom is 0.125 e. The highest BCUT2D eigenvalue weighted by atomic mass is 32.2. The predicted octanol–water partition coefficient (Wildman–Crippen LogP) is 3.24. The number of hydrogen-bond donors (Lipinski definition) is 2. The van der Waals surface area contributed by atoms with Crippen LogP contribution in [-0.2, 0) is 0 Å². The third-order valence-electron chi connectivity index (χ3n) is 2.33. The molecule has 2 rings (SSSR count). The van der Waals surface area contributed by atoms with E-state index in [1.54, 1.807) is 18.0 Å². The molecule has 0 amide bonds. The summed E-state index contributed by atoms with van der Waals surface area (Å²) in [5, 5.41) is 8.62. The first-order chi connectivity index (χ1) is 8.72. The van der Waals surface area contributed by atoms with Gasteiger partial charge in [0.05, 0.1) is 0 Å². The van der Waals surface area contributed by atoms with Crippen molar-refractivity contribution >= 4 is 29.4 Å². The van der Waals surface area contributed by atoms with E-state index in [-0.39, 0.29) is 5.84 Å². The summed E-state index contributed by atoms with van der Waals surface area (Å²) in [6, 6.07) is 11.7. The lowest BCUT2D eigenvalue weighted by atomic mass is 10.2. The molecular formula is C13H13N3S2. The number of aromatic nitrogens is 1. The van der Waals surface area contributed by atoms with Gasteiger partial charge in [0.25, 0.3) is 0 Å². The SMILES string of the molecule is CSc1cccc(Sc2ccccn2)c1C(=N)N. The van der Waals surface area contributed by atoms with Crippen LogP contribution in [0, 0.1) is 5.41 Å². The number of hydrogen-bond acceptors (Lipinski definition) is 4. The van der Waals surface area contributed by atoms with Crippen LogP contribution < -0.4 is 5.73 Å². The molecule has 0 aliphatic carbocycles. The fraction of sp³-hybridized carbons (Fsp3) is 0.0769. The normalized spacial score (nSPS) is 10.3. The van der Waals surface area contributed by atoms with Crippen LogP contribution in [0.15, 0.2) is 57.4 Å². The monoisotopic (exact) mass is 275 g/mol. The quantitative estimate of drug-likeness (QED) is 0.511. The molecule has 2 aromatic rings. The van der Waals surface area contributed by atoms with Crippen LogP contribution in [0.5, 0.6) is 0 Å². The summed E-state index contributed by atoms with van der Waals surface area (Å²) < 4.78 is 0. The van der Waals surface area contributed by atoms with E-state index in [0.717, 1.165) is 20.4 Å². The van der Waals surface area contributed by atoms with Gasteiger partial charge in [-0.25, -0.2) is 4.98 Å². The molecule has 1 aromatic carbocycles. The number of pyridine rings is 1. The van der Waals surface area contributed by atoms with Crippen LogP contribution in [0.25, 0.3) is 0 Å². The standard InChI is InChI=1S/C13H13N3S2/c1-17-9-5-4-6-10(12(9)13(14)15)18-11-7-2-3-8-16-11/h2-8H,1H3,(H3,14,15). The minimum Gasteiger partial charge on any atom is -0.384 e. The number of nitrogens with zero attached hydrogens (tertiary/aromatic N) is 1. The number of benzene rings is 1. The molecule has 1 aromatic heterocycles. The third-order valence-corrected chi connectivity index (χ3v) is 4.12. The number of nitrogens with one attached hydrogen (secondary N) is 1. The van der Waals surface area contributed by atoms with Gasteiger partial charge in [0.2, 0.25) is 0 Å². The second-order valence-electron chi connectivity index (χ2n) is 3.52. The number of nitrogens with two attached hydrogens (primary N) is 1. The zero-order valence-electron chi connectivity index (χ0n) is 9.88. The van der Waals surface area contributed by atoms with Crippen LogP contribution in [0.1, 0.15) is 5.56 Å². The molecular weight excluding hydrogens is 262 g/mol. The molecule has 3 N–H and O–H groups in total. The molecule has 18 heavy (non-hydrogen) atoms. The first kappa shape index (κ1) is 13.0. The van der Waals surface area contributed by atoms with Crippen molar-refractivity contribution in [3.8, 4) is 0 Å².